The molecule has 2 nitrogen and oxygen atoms in total. The Balaban J connectivity index is 1.94. The molecule has 1 unspecified atom stereocenters. The first-order valence-electron chi connectivity index (χ1n) is 5.81. The van der Waals surface area contributed by atoms with Gasteiger partial charge in [-0.25, -0.2) is 0 Å². The SMILES string of the molecule is BrCC(CN1CCOCC1)c1ccccc1. The Morgan fingerprint density at radius 1 is 1.19 bits per heavy atom. The van der Waals surface area contributed by atoms with E-state index in [9.17, 15) is 0 Å². The largest absolute Gasteiger partial charge is 0.379 e. The molecule has 1 saturated heterocycles. The van der Waals surface area contributed by atoms with Crippen molar-refractivity contribution in [2.24, 2.45) is 0 Å². The van der Waals surface area contributed by atoms with Crippen molar-refractivity contribution in [2.75, 3.05) is 38.2 Å². The lowest BCUT2D eigenvalue weighted by Gasteiger charge is -2.30. The molecule has 0 radical (unpaired) electrons. The Bertz CT molecular complexity index is 298. The van der Waals surface area contributed by atoms with Gasteiger partial charge in [0.05, 0.1) is 13.2 Å². The molecule has 16 heavy (non-hydrogen) atoms. The van der Waals surface area contributed by atoms with Crippen molar-refractivity contribution in [2.45, 2.75) is 5.92 Å². The molecule has 0 aliphatic carbocycles. The molecule has 0 amide bonds. The van der Waals surface area contributed by atoms with E-state index in [0.29, 0.717) is 5.92 Å². The molecule has 0 aromatic heterocycles. The summed E-state index contributed by atoms with van der Waals surface area (Å²) in [6.45, 7) is 5.01. The van der Waals surface area contributed by atoms with E-state index in [1.165, 1.54) is 5.56 Å². The summed E-state index contributed by atoms with van der Waals surface area (Å²) in [4.78, 5) is 2.49. The van der Waals surface area contributed by atoms with Gasteiger partial charge in [-0.1, -0.05) is 46.3 Å². The Morgan fingerprint density at radius 2 is 1.88 bits per heavy atom. The topological polar surface area (TPSA) is 12.5 Å². The zero-order chi connectivity index (χ0) is 11.2. The summed E-state index contributed by atoms with van der Waals surface area (Å²) in [7, 11) is 0. The summed E-state index contributed by atoms with van der Waals surface area (Å²) in [6, 6.07) is 10.7. The third-order valence-electron chi connectivity index (χ3n) is 3.04. The molecular weight excluding hydrogens is 266 g/mol. The predicted octanol–water partition coefficient (Wildman–Crippen LogP) is 2.50. The fourth-order valence-corrected chi connectivity index (χ4v) is 2.64. The van der Waals surface area contributed by atoms with Crippen LogP contribution >= 0.6 is 15.9 Å². The average Bonchev–Trinajstić information content (AvgIpc) is 2.38. The highest BCUT2D eigenvalue weighted by atomic mass is 79.9. The Morgan fingerprint density at radius 3 is 2.50 bits per heavy atom. The van der Waals surface area contributed by atoms with Crippen LogP contribution in [-0.4, -0.2) is 43.1 Å². The van der Waals surface area contributed by atoms with Gasteiger partial charge in [0.2, 0.25) is 0 Å². The van der Waals surface area contributed by atoms with E-state index in [4.69, 9.17) is 4.74 Å². The zero-order valence-corrected chi connectivity index (χ0v) is 11.0. The first-order chi connectivity index (χ1) is 7.90. The maximum absolute atomic E-state index is 5.37. The van der Waals surface area contributed by atoms with Crippen molar-refractivity contribution in [1.29, 1.82) is 0 Å². The zero-order valence-electron chi connectivity index (χ0n) is 9.44. The summed E-state index contributed by atoms with van der Waals surface area (Å²) in [5, 5.41) is 1.02. The molecule has 1 aliphatic heterocycles. The number of halogens is 1. The molecule has 88 valence electrons. The number of hydrogen-bond donors (Lipinski definition) is 0. The van der Waals surface area contributed by atoms with Gasteiger partial charge in [-0.2, -0.15) is 0 Å². The minimum absolute atomic E-state index is 0.583. The van der Waals surface area contributed by atoms with Gasteiger partial charge in [-0.15, -0.1) is 0 Å². The van der Waals surface area contributed by atoms with Gasteiger partial charge in [0.15, 0.2) is 0 Å². The van der Waals surface area contributed by atoms with Crippen LogP contribution in [0.4, 0.5) is 0 Å². The van der Waals surface area contributed by atoms with E-state index in [1.54, 1.807) is 0 Å². The summed E-state index contributed by atoms with van der Waals surface area (Å²) < 4.78 is 5.37. The van der Waals surface area contributed by atoms with Crippen LogP contribution in [0.2, 0.25) is 0 Å². The number of nitrogens with zero attached hydrogens (tertiary/aromatic N) is 1. The molecule has 0 N–H and O–H groups in total. The van der Waals surface area contributed by atoms with E-state index in [0.717, 1.165) is 38.2 Å². The van der Waals surface area contributed by atoms with E-state index < -0.39 is 0 Å². The molecule has 0 spiro atoms. The number of alkyl halides is 1. The fourth-order valence-electron chi connectivity index (χ4n) is 2.06. The Kier molecular flexibility index (Phi) is 4.82. The molecule has 1 aromatic carbocycles. The van der Waals surface area contributed by atoms with Gasteiger partial charge < -0.3 is 4.74 Å². The second-order valence-corrected chi connectivity index (χ2v) is 4.82. The lowest BCUT2D eigenvalue weighted by atomic mass is 10.0. The van der Waals surface area contributed by atoms with Crippen molar-refractivity contribution in [3.8, 4) is 0 Å². The molecule has 0 saturated carbocycles. The average molecular weight is 284 g/mol. The first-order valence-corrected chi connectivity index (χ1v) is 6.93. The van der Waals surface area contributed by atoms with E-state index in [1.807, 2.05) is 0 Å². The molecule has 3 heteroatoms. The van der Waals surface area contributed by atoms with Crippen LogP contribution in [0, 0.1) is 0 Å². The molecule has 1 heterocycles. The van der Waals surface area contributed by atoms with Crippen molar-refractivity contribution >= 4 is 15.9 Å². The first kappa shape index (κ1) is 12.1. The molecule has 1 aromatic rings. The maximum atomic E-state index is 5.37. The summed E-state index contributed by atoms with van der Waals surface area (Å²) in [6.07, 6.45) is 0. The van der Waals surface area contributed by atoms with Crippen LogP contribution in [0.1, 0.15) is 11.5 Å². The smallest absolute Gasteiger partial charge is 0.0594 e. The highest BCUT2D eigenvalue weighted by Gasteiger charge is 2.16. The molecule has 0 bridgehead atoms. The minimum Gasteiger partial charge on any atom is -0.379 e. The van der Waals surface area contributed by atoms with Crippen LogP contribution in [0.25, 0.3) is 0 Å². The van der Waals surface area contributed by atoms with Gasteiger partial charge in [0.25, 0.3) is 0 Å². The number of benzene rings is 1. The summed E-state index contributed by atoms with van der Waals surface area (Å²) >= 11 is 3.62. The van der Waals surface area contributed by atoms with Gasteiger partial charge in [0, 0.05) is 30.9 Å². The van der Waals surface area contributed by atoms with Gasteiger partial charge in [0.1, 0.15) is 0 Å². The third kappa shape index (κ3) is 3.30. The monoisotopic (exact) mass is 283 g/mol. The normalized spacial score (nSPS) is 19.6. The van der Waals surface area contributed by atoms with Crippen LogP contribution in [0.5, 0.6) is 0 Å². The van der Waals surface area contributed by atoms with Gasteiger partial charge in [-0.3, -0.25) is 4.90 Å². The molecular formula is C13H18BrNO. The van der Waals surface area contributed by atoms with Crippen LogP contribution < -0.4 is 0 Å². The van der Waals surface area contributed by atoms with Crippen molar-refractivity contribution < 1.29 is 4.74 Å². The fraction of sp³-hybridized carbons (Fsp3) is 0.538. The van der Waals surface area contributed by atoms with Crippen molar-refractivity contribution in [3.05, 3.63) is 35.9 Å². The minimum atomic E-state index is 0.583. The maximum Gasteiger partial charge on any atom is 0.0594 e. The van der Waals surface area contributed by atoms with Crippen molar-refractivity contribution in [1.82, 2.24) is 4.90 Å². The predicted molar refractivity (Wildman–Crippen MR) is 70.2 cm³/mol. The van der Waals surface area contributed by atoms with Crippen LogP contribution in [0.15, 0.2) is 30.3 Å². The number of morpholine rings is 1. The van der Waals surface area contributed by atoms with Crippen LogP contribution in [0.3, 0.4) is 0 Å². The van der Waals surface area contributed by atoms with Gasteiger partial charge >= 0.3 is 0 Å². The molecule has 1 fully saturated rings. The number of hydrogen-bond acceptors (Lipinski definition) is 2. The lowest BCUT2D eigenvalue weighted by Crippen LogP contribution is -2.39. The molecule has 2 rings (SSSR count). The van der Waals surface area contributed by atoms with Crippen LogP contribution in [-0.2, 0) is 4.74 Å². The standard InChI is InChI=1S/C13H18BrNO/c14-10-13(12-4-2-1-3-5-12)11-15-6-8-16-9-7-15/h1-5,13H,6-11H2. The summed E-state index contributed by atoms with van der Waals surface area (Å²) in [5.74, 6) is 0.583. The Labute approximate surface area is 106 Å². The van der Waals surface area contributed by atoms with Gasteiger partial charge in [-0.05, 0) is 5.56 Å². The quantitative estimate of drug-likeness (QED) is 0.788. The lowest BCUT2D eigenvalue weighted by molar-refractivity contribution is 0.0359. The van der Waals surface area contributed by atoms with Crippen molar-refractivity contribution in [3.63, 3.8) is 0 Å². The molecule has 1 atom stereocenters. The second-order valence-electron chi connectivity index (χ2n) is 4.17. The highest BCUT2D eigenvalue weighted by molar-refractivity contribution is 9.09. The number of rotatable bonds is 4. The Hall–Kier alpha value is -0.380. The third-order valence-corrected chi connectivity index (χ3v) is 3.82. The van der Waals surface area contributed by atoms with E-state index >= 15 is 0 Å². The molecule has 1 aliphatic rings. The van der Waals surface area contributed by atoms with E-state index in [2.05, 4.69) is 51.2 Å². The highest BCUT2D eigenvalue weighted by Crippen LogP contribution is 2.19. The van der Waals surface area contributed by atoms with E-state index in [-0.39, 0.29) is 0 Å². The second kappa shape index (κ2) is 6.38. The number of ether oxygens (including phenoxy) is 1. The summed E-state index contributed by atoms with van der Waals surface area (Å²) in [5.41, 5.74) is 1.42.